The fraction of sp³-hybridized carbons (Fsp3) is 0.256. The van der Waals surface area contributed by atoms with Gasteiger partial charge in [-0.15, -0.1) is 0 Å². The second-order valence-electron chi connectivity index (χ2n) is 13.6. The van der Waals surface area contributed by atoms with Crippen LogP contribution in [0.1, 0.15) is 53.6 Å². The van der Waals surface area contributed by atoms with E-state index in [9.17, 15) is 24.7 Å². The van der Waals surface area contributed by atoms with E-state index in [0.29, 0.717) is 10.8 Å². The van der Waals surface area contributed by atoms with E-state index < -0.39 is 24.3 Å². The summed E-state index contributed by atoms with van der Waals surface area (Å²) < 4.78 is 19.3. The van der Waals surface area contributed by atoms with Crippen molar-refractivity contribution < 1.29 is 38.4 Å². The zero-order valence-electron chi connectivity index (χ0n) is 30.2. The lowest BCUT2D eigenvalue weighted by Gasteiger charge is -2.41. The van der Waals surface area contributed by atoms with Crippen LogP contribution in [0.25, 0.3) is 11.1 Å². The molecule has 0 spiro atoms. The van der Waals surface area contributed by atoms with Crippen LogP contribution in [0, 0.1) is 11.1 Å². The highest BCUT2D eigenvalue weighted by Crippen LogP contribution is 2.43. The number of aliphatic hydroxyl groups is 1. The first-order valence-corrected chi connectivity index (χ1v) is 19.1. The van der Waals surface area contributed by atoms with Crippen LogP contribution in [-0.2, 0) is 43.6 Å². The number of imide groups is 1. The van der Waals surface area contributed by atoms with Gasteiger partial charge in [0.15, 0.2) is 12.5 Å². The number of thioether (sulfide) groups is 1. The van der Waals surface area contributed by atoms with Crippen LogP contribution in [0.3, 0.4) is 0 Å². The third-order valence-corrected chi connectivity index (χ3v) is 10.9. The van der Waals surface area contributed by atoms with Crippen molar-refractivity contribution in [1.82, 2.24) is 10.2 Å². The Morgan fingerprint density at radius 1 is 0.873 bits per heavy atom. The van der Waals surface area contributed by atoms with Gasteiger partial charge in [0.25, 0.3) is 10.9 Å². The summed E-state index contributed by atoms with van der Waals surface area (Å²) in [5.41, 5.74) is 5.99. The number of aromatic nitrogens is 1. The third kappa shape index (κ3) is 9.06. The molecule has 12 heteroatoms. The minimum absolute atomic E-state index is 0.0385. The van der Waals surface area contributed by atoms with Crippen LogP contribution in [0.15, 0.2) is 133 Å². The van der Waals surface area contributed by atoms with E-state index in [1.807, 2.05) is 109 Å². The van der Waals surface area contributed by atoms with Crippen LogP contribution in [0.2, 0.25) is 0 Å². The van der Waals surface area contributed by atoms with Gasteiger partial charge in [-0.2, -0.15) is 4.73 Å². The van der Waals surface area contributed by atoms with Crippen molar-refractivity contribution in [1.29, 1.82) is 0 Å². The first-order valence-electron chi connectivity index (χ1n) is 18.1. The quantitative estimate of drug-likeness (QED) is 0.0622. The molecule has 2 N–H and O–H groups in total. The minimum Gasteiger partial charge on any atom is -0.618 e. The molecule has 1 aromatic heterocycles. The number of amides is 3. The maximum absolute atomic E-state index is 13.2. The lowest BCUT2D eigenvalue weighted by Crippen LogP contribution is -2.41. The van der Waals surface area contributed by atoms with Gasteiger partial charge in [-0.25, -0.2) is 4.79 Å². The standard InChI is InChI=1S/C43H41N3O8S/c1-28-37(27-55-39-12-5-6-21-46(39)51)53-42(54-40(28)33-15-13-29(25-47)14-16-33)34-19-17-32(18-20-34)35-11-7-10-31(22-35)24-45-38(48)23-36(41(45)49)44-43(50)52-26-30-8-3-2-4-9-30/h2-22,28,36-37,40,42,47H,23-27H2,1H3,(H,44,50). The fourth-order valence-electron chi connectivity index (χ4n) is 6.74. The van der Waals surface area contributed by atoms with Crippen LogP contribution in [-0.4, -0.2) is 45.8 Å². The molecule has 282 valence electrons. The molecule has 5 aromatic rings. The number of nitrogens with zero attached hydrogens (tertiary/aromatic N) is 2. The van der Waals surface area contributed by atoms with E-state index in [0.717, 1.165) is 43.7 Å². The van der Waals surface area contributed by atoms with E-state index in [1.54, 1.807) is 12.1 Å². The van der Waals surface area contributed by atoms with E-state index in [2.05, 4.69) is 12.2 Å². The fourth-order valence-corrected chi connectivity index (χ4v) is 7.82. The minimum atomic E-state index is -0.988. The first-order chi connectivity index (χ1) is 26.7. The summed E-state index contributed by atoms with van der Waals surface area (Å²) in [7, 11) is 0. The predicted octanol–water partition coefficient (Wildman–Crippen LogP) is 6.62. The molecule has 11 nitrogen and oxygen atoms in total. The Morgan fingerprint density at radius 2 is 1.60 bits per heavy atom. The average Bonchev–Trinajstić information content (AvgIpc) is 3.47. The Balaban J connectivity index is 1.02. The van der Waals surface area contributed by atoms with Gasteiger partial charge in [0, 0.05) is 29.4 Å². The summed E-state index contributed by atoms with van der Waals surface area (Å²) in [6, 6.07) is 36.8. The number of ether oxygens (including phenoxy) is 3. The Morgan fingerprint density at radius 3 is 2.35 bits per heavy atom. The summed E-state index contributed by atoms with van der Waals surface area (Å²) in [6.45, 7) is 2.16. The smallest absolute Gasteiger partial charge is 0.408 e. The van der Waals surface area contributed by atoms with E-state index in [1.165, 1.54) is 22.9 Å². The molecule has 2 aliphatic rings. The lowest BCUT2D eigenvalue weighted by molar-refractivity contribution is -0.645. The molecule has 5 unspecified atom stereocenters. The van der Waals surface area contributed by atoms with Crippen molar-refractivity contribution in [3.63, 3.8) is 0 Å². The molecule has 2 aliphatic heterocycles. The zero-order valence-corrected chi connectivity index (χ0v) is 31.0. The number of carbonyl (C=O) groups is 3. The number of likely N-dealkylation sites (tertiary alicyclic amines) is 1. The number of nitrogens with one attached hydrogen (secondary N) is 1. The Kier molecular flexibility index (Phi) is 11.9. The van der Waals surface area contributed by atoms with E-state index in [-0.39, 0.29) is 50.2 Å². The molecular formula is C43H41N3O8S. The SMILES string of the molecule is CC1C(CSc2cccc[n+]2[O-])OC(c2ccc(-c3cccc(CN4C(=O)CC(NC(=O)OCc5ccccc5)C4=O)c3)cc2)OC1c1ccc(CO)cc1. The molecule has 2 saturated heterocycles. The van der Waals surface area contributed by atoms with Gasteiger partial charge in [-0.1, -0.05) is 116 Å². The highest BCUT2D eigenvalue weighted by Gasteiger charge is 2.40. The maximum atomic E-state index is 13.2. The normalized spacial score (nSPS) is 21.1. The van der Waals surface area contributed by atoms with E-state index in [4.69, 9.17) is 14.2 Å². The largest absolute Gasteiger partial charge is 0.618 e. The second-order valence-corrected chi connectivity index (χ2v) is 14.6. The number of carbonyl (C=O) groups excluding carboxylic acids is 3. The number of alkyl carbamates (subject to hydrolysis) is 1. The number of hydrogen-bond donors (Lipinski definition) is 2. The number of rotatable bonds is 12. The van der Waals surface area contributed by atoms with Gasteiger partial charge < -0.3 is 29.8 Å². The van der Waals surface area contributed by atoms with Crippen molar-refractivity contribution in [2.75, 3.05) is 5.75 Å². The summed E-state index contributed by atoms with van der Waals surface area (Å²) >= 11 is 1.44. The van der Waals surface area contributed by atoms with Crippen LogP contribution < -0.4 is 10.0 Å². The molecule has 5 atom stereocenters. The molecule has 0 saturated carbocycles. The average molecular weight is 760 g/mol. The van der Waals surface area contributed by atoms with Crippen molar-refractivity contribution in [3.8, 4) is 11.1 Å². The van der Waals surface area contributed by atoms with Gasteiger partial charge in [-0.05, 0) is 45.5 Å². The molecule has 3 heterocycles. The Bertz CT molecular complexity index is 2120. The topological polar surface area (TPSA) is 141 Å². The van der Waals surface area contributed by atoms with Crippen LogP contribution >= 0.6 is 11.8 Å². The van der Waals surface area contributed by atoms with Gasteiger partial charge in [-0.3, -0.25) is 14.5 Å². The molecule has 0 bridgehead atoms. The van der Waals surface area contributed by atoms with E-state index >= 15 is 0 Å². The van der Waals surface area contributed by atoms with Crippen LogP contribution in [0.5, 0.6) is 0 Å². The van der Waals surface area contributed by atoms with Crippen molar-refractivity contribution in [2.24, 2.45) is 5.92 Å². The highest BCUT2D eigenvalue weighted by molar-refractivity contribution is 7.99. The summed E-state index contributed by atoms with van der Waals surface area (Å²) in [6.07, 6.45) is -0.627. The van der Waals surface area contributed by atoms with Gasteiger partial charge in [0.1, 0.15) is 12.6 Å². The molecular weight excluding hydrogens is 719 g/mol. The Hall–Kier alpha value is -5.53. The molecule has 0 radical (unpaired) electrons. The molecule has 4 aromatic carbocycles. The van der Waals surface area contributed by atoms with Crippen molar-refractivity contribution in [2.45, 2.75) is 62.7 Å². The van der Waals surface area contributed by atoms with Gasteiger partial charge in [0.2, 0.25) is 5.91 Å². The molecule has 3 amide bonds. The lowest BCUT2D eigenvalue weighted by atomic mass is 9.91. The van der Waals surface area contributed by atoms with Crippen LogP contribution in [0.4, 0.5) is 4.79 Å². The number of benzene rings is 4. The Labute approximate surface area is 323 Å². The monoisotopic (exact) mass is 759 g/mol. The summed E-state index contributed by atoms with van der Waals surface area (Å²) in [5.74, 6) is -0.345. The predicted molar refractivity (Wildman–Crippen MR) is 205 cm³/mol. The molecule has 0 aliphatic carbocycles. The zero-order chi connectivity index (χ0) is 38.3. The van der Waals surface area contributed by atoms with Crippen molar-refractivity contribution in [3.05, 3.63) is 161 Å². The summed E-state index contributed by atoms with van der Waals surface area (Å²) in [5, 5.41) is 25.1. The highest BCUT2D eigenvalue weighted by atomic mass is 32.2. The van der Waals surface area contributed by atoms with Gasteiger partial charge >= 0.3 is 6.09 Å². The maximum Gasteiger partial charge on any atom is 0.408 e. The van der Waals surface area contributed by atoms with Crippen molar-refractivity contribution >= 4 is 29.7 Å². The number of pyridine rings is 1. The molecule has 55 heavy (non-hydrogen) atoms. The number of aliphatic hydroxyl groups excluding tert-OH is 1. The third-order valence-electron chi connectivity index (χ3n) is 9.84. The summed E-state index contributed by atoms with van der Waals surface area (Å²) in [4.78, 5) is 39.6. The number of hydrogen-bond acceptors (Lipinski definition) is 9. The second kappa shape index (κ2) is 17.3. The molecule has 7 rings (SSSR count). The first kappa shape index (κ1) is 37.8. The van der Waals surface area contributed by atoms with Gasteiger partial charge in [0.05, 0.1) is 31.8 Å². The molecule has 2 fully saturated rings.